The number of amides is 1. The third kappa shape index (κ3) is 3.87. The third-order valence-electron chi connectivity index (χ3n) is 4.77. The zero-order valence-electron chi connectivity index (χ0n) is 17.1. The number of benzene rings is 1. The van der Waals surface area contributed by atoms with Gasteiger partial charge in [-0.05, 0) is 25.1 Å². The van der Waals surface area contributed by atoms with Crippen LogP contribution in [0.2, 0.25) is 0 Å². The molecule has 9 nitrogen and oxygen atoms in total. The van der Waals surface area contributed by atoms with Crippen molar-refractivity contribution >= 4 is 28.5 Å². The number of aromatic amines is 1. The summed E-state index contributed by atoms with van der Waals surface area (Å²) >= 11 is 0. The van der Waals surface area contributed by atoms with Crippen LogP contribution in [0.1, 0.15) is 40.5 Å². The molecule has 3 heterocycles. The lowest BCUT2D eigenvalue weighted by atomic mass is 10.0. The molecule has 3 N–H and O–H groups in total. The average Bonchev–Trinajstić information content (AvgIpc) is 3.45. The molecule has 0 saturated carbocycles. The number of carbonyl (C=O) groups is 1. The fourth-order valence-electron chi connectivity index (χ4n) is 3.27. The number of nitrogens with zero attached hydrogens (tertiary/aromatic N) is 4. The zero-order valence-corrected chi connectivity index (χ0v) is 17.1. The predicted octanol–water partition coefficient (Wildman–Crippen LogP) is 3.08. The lowest BCUT2D eigenvalue weighted by Crippen LogP contribution is -2.26. The topological polar surface area (TPSA) is 121 Å². The van der Waals surface area contributed by atoms with E-state index in [1.54, 1.807) is 39.5 Å². The smallest absolute Gasteiger partial charge is 0.255 e. The molecule has 1 atom stereocenters. The molecule has 1 unspecified atom stereocenters. The Morgan fingerprint density at radius 1 is 1.29 bits per heavy atom. The molecular weight excluding hydrogens is 401 g/mol. The first kappa shape index (κ1) is 20.2. The number of H-pyrrole nitrogens is 1. The largest absolute Gasteiger partial charge is 0.447 e. The standard InChI is InChI=1S/C21H20FN7O2/c1-11(21-25-6-7-31-21)28-20(30)14-9-26-19-18(14)29-16(10-27-19)17(24-3)13-5-4-12(22)8-15(13)23-2/h4-11,23H,1-3H3,(H,26,27)(H,28,30). The highest BCUT2D eigenvalue weighted by molar-refractivity contribution is 6.15. The first-order chi connectivity index (χ1) is 15.0. The molecule has 4 aromatic rings. The number of carbonyl (C=O) groups excluding carboxylic acids is 1. The Balaban J connectivity index is 1.70. The summed E-state index contributed by atoms with van der Waals surface area (Å²) in [5.74, 6) is -0.317. The summed E-state index contributed by atoms with van der Waals surface area (Å²) in [6.07, 6.45) is 6.07. The maximum atomic E-state index is 13.7. The summed E-state index contributed by atoms with van der Waals surface area (Å²) in [5.41, 5.74) is 3.37. The van der Waals surface area contributed by atoms with E-state index >= 15 is 0 Å². The Kier molecular flexibility index (Phi) is 5.44. The number of halogens is 1. The van der Waals surface area contributed by atoms with Crippen LogP contribution in [0, 0.1) is 5.82 Å². The number of hydrogen-bond donors (Lipinski definition) is 3. The molecular formula is C21H20FN7O2. The van der Waals surface area contributed by atoms with Crippen molar-refractivity contribution in [1.82, 2.24) is 25.3 Å². The van der Waals surface area contributed by atoms with Gasteiger partial charge in [0.25, 0.3) is 5.91 Å². The molecule has 1 amide bonds. The number of hydrogen-bond acceptors (Lipinski definition) is 7. The molecule has 1 aromatic carbocycles. The van der Waals surface area contributed by atoms with E-state index in [0.29, 0.717) is 45.3 Å². The number of aliphatic imine (C=N–C) groups is 1. The molecule has 31 heavy (non-hydrogen) atoms. The Labute approximate surface area is 176 Å². The van der Waals surface area contributed by atoms with Crippen molar-refractivity contribution in [2.45, 2.75) is 13.0 Å². The number of fused-ring (bicyclic) bond motifs is 1. The second kappa shape index (κ2) is 8.34. The molecule has 0 aliphatic carbocycles. The minimum Gasteiger partial charge on any atom is -0.447 e. The van der Waals surface area contributed by atoms with Crippen LogP contribution in [-0.4, -0.2) is 45.7 Å². The Hall–Kier alpha value is -4.08. The van der Waals surface area contributed by atoms with Gasteiger partial charge in [-0.2, -0.15) is 0 Å². The quantitative estimate of drug-likeness (QED) is 0.412. The van der Waals surface area contributed by atoms with Gasteiger partial charge in [0.2, 0.25) is 5.89 Å². The van der Waals surface area contributed by atoms with Crippen molar-refractivity contribution in [3.63, 3.8) is 0 Å². The minimum absolute atomic E-state index is 0.325. The van der Waals surface area contributed by atoms with E-state index in [1.165, 1.54) is 24.6 Å². The molecule has 10 heteroatoms. The summed E-state index contributed by atoms with van der Waals surface area (Å²) in [4.78, 5) is 33.2. The van der Waals surface area contributed by atoms with Gasteiger partial charge < -0.3 is 20.0 Å². The van der Waals surface area contributed by atoms with Crippen molar-refractivity contribution < 1.29 is 13.6 Å². The van der Waals surface area contributed by atoms with Gasteiger partial charge in [0, 0.05) is 31.5 Å². The van der Waals surface area contributed by atoms with Crippen LogP contribution >= 0.6 is 0 Å². The molecule has 4 rings (SSSR count). The Morgan fingerprint density at radius 3 is 2.84 bits per heavy atom. The molecule has 158 valence electrons. The highest BCUT2D eigenvalue weighted by atomic mass is 19.1. The molecule has 0 spiro atoms. The molecule has 0 aliphatic heterocycles. The van der Waals surface area contributed by atoms with Gasteiger partial charge in [-0.1, -0.05) is 0 Å². The van der Waals surface area contributed by atoms with E-state index in [9.17, 15) is 9.18 Å². The zero-order chi connectivity index (χ0) is 22.0. The predicted molar refractivity (Wildman–Crippen MR) is 114 cm³/mol. The maximum Gasteiger partial charge on any atom is 0.255 e. The van der Waals surface area contributed by atoms with Gasteiger partial charge in [0.05, 0.1) is 23.7 Å². The molecule has 3 aromatic heterocycles. The molecule has 0 aliphatic rings. The van der Waals surface area contributed by atoms with Gasteiger partial charge in [0.1, 0.15) is 29.3 Å². The Morgan fingerprint density at radius 2 is 2.13 bits per heavy atom. The number of anilines is 1. The van der Waals surface area contributed by atoms with E-state index in [1.807, 2.05) is 0 Å². The van der Waals surface area contributed by atoms with Crippen LogP contribution in [0.15, 0.2) is 52.5 Å². The van der Waals surface area contributed by atoms with Crippen molar-refractivity contribution in [1.29, 1.82) is 0 Å². The molecule has 0 saturated heterocycles. The SMILES string of the molecule is CN=C(c1cnc2[nH]cc(C(=O)NC(C)c3ncco3)c2n1)c1ccc(F)cc1NC. The molecule has 0 bridgehead atoms. The summed E-state index contributed by atoms with van der Waals surface area (Å²) in [6.45, 7) is 1.77. The van der Waals surface area contributed by atoms with Gasteiger partial charge in [-0.15, -0.1) is 0 Å². The van der Waals surface area contributed by atoms with Gasteiger partial charge >= 0.3 is 0 Å². The minimum atomic E-state index is -0.422. The normalized spacial score (nSPS) is 12.7. The average molecular weight is 421 g/mol. The highest BCUT2D eigenvalue weighted by Crippen LogP contribution is 2.22. The van der Waals surface area contributed by atoms with Crippen molar-refractivity contribution in [3.8, 4) is 0 Å². The van der Waals surface area contributed by atoms with Crippen molar-refractivity contribution in [2.75, 3.05) is 19.4 Å². The number of nitrogens with one attached hydrogen (secondary N) is 3. The lowest BCUT2D eigenvalue weighted by Gasteiger charge is -2.12. The maximum absolute atomic E-state index is 13.7. The van der Waals surface area contributed by atoms with Gasteiger partial charge in [0.15, 0.2) is 5.65 Å². The van der Waals surface area contributed by atoms with Crippen LogP contribution in [0.4, 0.5) is 10.1 Å². The van der Waals surface area contributed by atoms with Crippen LogP contribution in [0.25, 0.3) is 11.2 Å². The van der Waals surface area contributed by atoms with E-state index in [0.717, 1.165) is 0 Å². The van der Waals surface area contributed by atoms with Crippen LogP contribution in [0.5, 0.6) is 0 Å². The molecule has 0 fully saturated rings. The number of rotatable bonds is 6. The summed E-state index contributed by atoms with van der Waals surface area (Å²) < 4.78 is 18.9. The summed E-state index contributed by atoms with van der Waals surface area (Å²) in [6, 6.07) is 3.94. The van der Waals surface area contributed by atoms with E-state index < -0.39 is 6.04 Å². The fourth-order valence-corrected chi connectivity index (χ4v) is 3.27. The Bertz CT molecular complexity index is 1260. The van der Waals surface area contributed by atoms with Crippen LogP contribution < -0.4 is 10.6 Å². The fraction of sp³-hybridized carbons (Fsp3) is 0.190. The van der Waals surface area contributed by atoms with Gasteiger partial charge in [-0.3, -0.25) is 9.79 Å². The van der Waals surface area contributed by atoms with E-state index in [4.69, 9.17) is 4.42 Å². The second-order valence-corrected chi connectivity index (χ2v) is 6.73. The number of oxazole rings is 1. The van der Waals surface area contributed by atoms with Crippen LogP contribution in [-0.2, 0) is 0 Å². The van der Waals surface area contributed by atoms with Crippen LogP contribution in [0.3, 0.4) is 0 Å². The first-order valence-electron chi connectivity index (χ1n) is 9.51. The highest BCUT2D eigenvalue weighted by Gasteiger charge is 2.21. The van der Waals surface area contributed by atoms with E-state index in [-0.39, 0.29) is 11.7 Å². The third-order valence-corrected chi connectivity index (χ3v) is 4.77. The second-order valence-electron chi connectivity index (χ2n) is 6.73. The molecule has 0 radical (unpaired) electrons. The lowest BCUT2D eigenvalue weighted by molar-refractivity contribution is 0.0935. The summed E-state index contributed by atoms with van der Waals surface area (Å²) in [7, 11) is 3.32. The number of aromatic nitrogens is 4. The van der Waals surface area contributed by atoms with Crippen molar-refractivity contribution in [2.24, 2.45) is 4.99 Å². The summed E-state index contributed by atoms with van der Waals surface area (Å²) in [5, 5.41) is 5.79. The van der Waals surface area contributed by atoms with Gasteiger partial charge in [-0.25, -0.2) is 19.3 Å². The van der Waals surface area contributed by atoms with E-state index in [2.05, 4.69) is 35.6 Å². The van der Waals surface area contributed by atoms with Crippen molar-refractivity contribution in [3.05, 3.63) is 71.6 Å². The monoisotopic (exact) mass is 421 g/mol. The first-order valence-corrected chi connectivity index (χ1v) is 9.51.